The van der Waals surface area contributed by atoms with E-state index in [0.29, 0.717) is 29.6 Å². The molecular weight excluding hydrogens is 390 g/mol. The summed E-state index contributed by atoms with van der Waals surface area (Å²) >= 11 is 6.81. The number of nitrogens with zero attached hydrogens (tertiary/aromatic N) is 2. The quantitative estimate of drug-likeness (QED) is 0.776. The third-order valence-electron chi connectivity index (χ3n) is 2.79. The molecule has 0 spiro atoms. The van der Waals surface area contributed by atoms with Gasteiger partial charge in [0.1, 0.15) is 5.60 Å². The van der Waals surface area contributed by atoms with Gasteiger partial charge in [-0.25, -0.2) is 0 Å². The van der Waals surface area contributed by atoms with Crippen LogP contribution in [0.1, 0.15) is 26.6 Å². The summed E-state index contributed by atoms with van der Waals surface area (Å²) in [6.07, 6.45) is 0. The van der Waals surface area contributed by atoms with Gasteiger partial charge in [-0.1, -0.05) is 21.1 Å². The fourth-order valence-corrected chi connectivity index (χ4v) is 2.99. The Morgan fingerprint density at radius 2 is 2.05 bits per heavy atom. The highest BCUT2D eigenvalue weighted by Crippen LogP contribution is 2.35. The van der Waals surface area contributed by atoms with Crippen LogP contribution in [-0.4, -0.2) is 16.7 Å². The molecule has 0 saturated carbocycles. The Morgan fingerprint density at radius 1 is 1.35 bits per heavy atom. The first-order chi connectivity index (χ1) is 9.35. The number of hydrogen-bond acceptors (Lipinski definition) is 5. The maximum Gasteiger partial charge on any atom is 0.260 e. The summed E-state index contributed by atoms with van der Waals surface area (Å²) in [5.41, 5.74) is 6.66. The lowest BCUT2D eigenvalue weighted by Crippen LogP contribution is -2.23. The van der Waals surface area contributed by atoms with Gasteiger partial charge in [0, 0.05) is 15.6 Å². The average Bonchev–Trinajstić information content (AvgIpc) is 2.83. The van der Waals surface area contributed by atoms with Crippen molar-refractivity contribution in [2.75, 3.05) is 12.3 Å². The maximum atomic E-state index is 6.03. The van der Waals surface area contributed by atoms with Crippen molar-refractivity contribution < 1.29 is 9.26 Å². The number of nitrogens with two attached hydrogens (primary N) is 1. The van der Waals surface area contributed by atoms with Crippen LogP contribution in [0.15, 0.2) is 25.6 Å². The Hall–Kier alpha value is -0.920. The lowest BCUT2D eigenvalue weighted by molar-refractivity contribution is -0.0221. The Labute approximate surface area is 134 Å². The third-order valence-corrected chi connectivity index (χ3v) is 3.91. The number of benzene rings is 1. The summed E-state index contributed by atoms with van der Waals surface area (Å²) < 4.78 is 12.6. The van der Waals surface area contributed by atoms with Crippen LogP contribution in [0, 0.1) is 0 Å². The van der Waals surface area contributed by atoms with Crippen LogP contribution in [0.3, 0.4) is 0 Å². The summed E-state index contributed by atoms with van der Waals surface area (Å²) in [7, 11) is 0. The number of nitrogen functional groups attached to an aromatic ring is 1. The second-order valence-electron chi connectivity index (χ2n) is 4.72. The Bertz CT molecular complexity index is 626. The van der Waals surface area contributed by atoms with Gasteiger partial charge in [0.15, 0.2) is 0 Å². The van der Waals surface area contributed by atoms with Gasteiger partial charge in [-0.15, -0.1) is 0 Å². The van der Waals surface area contributed by atoms with Crippen molar-refractivity contribution in [3.8, 4) is 11.5 Å². The van der Waals surface area contributed by atoms with Crippen molar-refractivity contribution >= 4 is 37.5 Å². The molecule has 0 atom stereocenters. The Kier molecular flexibility index (Phi) is 4.51. The molecule has 0 aliphatic carbocycles. The van der Waals surface area contributed by atoms with Gasteiger partial charge >= 0.3 is 0 Å². The molecule has 2 aromatic rings. The zero-order valence-corrected chi connectivity index (χ0v) is 14.6. The molecule has 0 aliphatic heterocycles. The topological polar surface area (TPSA) is 74.2 Å². The van der Waals surface area contributed by atoms with Gasteiger partial charge in [-0.2, -0.15) is 4.98 Å². The van der Waals surface area contributed by atoms with Crippen LogP contribution < -0.4 is 5.73 Å². The summed E-state index contributed by atoms with van der Waals surface area (Å²) in [6, 6.07) is 3.70. The number of hydrogen-bond donors (Lipinski definition) is 1. The summed E-state index contributed by atoms with van der Waals surface area (Å²) in [5.74, 6) is 0.858. The molecule has 0 fully saturated rings. The zero-order chi connectivity index (χ0) is 14.9. The van der Waals surface area contributed by atoms with E-state index in [4.69, 9.17) is 15.0 Å². The van der Waals surface area contributed by atoms with E-state index >= 15 is 0 Å². The molecule has 20 heavy (non-hydrogen) atoms. The van der Waals surface area contributed by atoms with Crippen molar-refractivity contribution in [1.29, 1.82) is 0 Å². The zero-order valence-electron chi connectivity index (χ0n) is 11.4. The van der Waals surface area contributed by atoms with Gasteiger partial charge < -0.3 is 15.0 Å². The van der Waals surface area contributed by atoms with E-state index in [1.54, 1.807) is 0 Å². The molecule has 0 bridgehead atoms. The van der Waals surface area contributed by atoms with Crippen LogP contribution in [0.25, 0.3) is 11.5 Å². The first kappa shape index (κ1) is 15.5. The van der Waals surface area contributed by atoms with E-state index in [1.807, 2.05) is 32.9 Å². The summed E-state index contributed by atoms with van der Waals surface area (Å²) in [4.78, 5) is 4.39. The molecule has 0 saturated heterocycles. The van der Waals surface area contributed by atoms with E-state index < -0.39 is 5.60 Å². The van der Waals surface area contributed by atoms with Crippen LogP contribution in [0.2, 0.25) is 0 Å². The lowest BCUT2D eigenvalue weighted by atomic mass is 10.1. The highest BCUT2D eigenvalue weighted by Gasteiger charge is 2.28. The van der Waals surface area contributed by atoms with Gasteiger partial charge in [-0.3, -0.25) is 0 Å². The molecule has 1 heterocycles. The molecule has 0 radical (unpaired) electrons. The number of anilines is 1. The number of aromatic nitrogens is 2. The van der Waals surface area contributed by atoms with Gasteiger partial charge in [0.05, 0.1) is 11.3 Å². The number of ether oxygens (including phenoxy) is 1. The fourth-order valence-electron chi connectivity index (χ4n) is 1.76. The monoisotopic (exact) mass is 403 g/mol. The van der Waals surface area contributed by atoms with Gasteiger partial charge in [-0.05, 0) is 48.8 Å². The van der Waals surface area contributed by atoms with Crippen molar-refractivity contribution in [2.24, 2.45) is 0 Å². The van der Waals surface area contributed by atoms with E-state index in [0.717, 1.165) is 8.95 Å². The highest BCUT2D eigenvalue weighted by atomic mass is 79.9. The minimum Gasteiger partial charge on any atom is -0.397 e. The van der Waals surface area contributed by atoms with Crippen LogP contribution in [0.5, 0.6) is 0 Å². The molecule has 108 valence electrons. The molecule has 1 aromatic carbocycles. The predicted molar refractivity (Wildman–Crippen MR) is 84.2 cm³/mol. The lowest BCUT2D eigenvalue weighted by Gasteiger charge is -2.19. The van der Waals surface area contributed by atoms with Crippen molar-refractivity contribution in [3.63, 3.8) is 0 Å². The van der Waals surface area contributed by atoms with E-state index in [2.05, 4.69) is 42.0 Å². The van der Waals surface area contributed by atoms with E-state index in [9.17, 15) is 0 Å². The molecule has 7 heteroatoms. The van der Waals surface area contributed by atoms with Crippen molar-refractivity contribution in [3.05, 3.63) is 26.9 Å². The number of halogens is 2. The molecule has 1 aromatic heterocycles. The molecule has 2 N–H and O–H groups in total. The standard InChI is InChI=1S/C13H15Br2N3O2/c1-4-19-13(2,3)12-17-11(20-18-12)8-5-7(14)6-9(15)10(8)16/h5-6H,4,16H2,1-3H3. The summed E-state index contributed by atoms with van der Waals surface area (Å²) in [6.45, 7) is 6.28. The van der Waals surface area contributed by atoms with Crippen molar-refractivity contribution in [1.82, 2.24) is 10.1 Å². The smallest absolute Gasteiger partial charge is 0.260 e. The maximum absolute atomic E-state index is 6.03. The third kappa shape index (κ3) is 3.05. The molecule has 5 nitrogen and oxygen atoms in total. The second-order valence-corrected chi connectivity index (χ2v) is 6.49. The molecule has 2 rings (SSSR count). The van der Waals surface area contributed by atoms with E-state index in [-0.39, 0.29) is 0 Å². The van der Waals surface area contributed by atoms with Crippen LogP contribution >= 0.6 is 31.9 Å². The number of rotatable bonds is 4. The van der Waals surface area contributed by atoms with E-state index in [1.165, 1.54) is 0 Å². The minimum absolute atomic E-state index is 0.368. The molecule has 0 amide bonds. The van der Waals surface area contributed by atoms with Crippen LogP contribution in [-0.2, 0) is 10.3 Å². The minimum atomic E-state index is -0.603. The molecular formula is C13H15Br2N3O2. The largest absolute Gasteiger partial charge is 0.397 e. The predicted octanol–water partition coefficient (Wildman–Crippen LogP) is 4.12. The SMILES string of the molecule is CCOC(C)(C)c1noc(-c2cc(Br)cc(Br)c2N)n1. The first-order valence-corrected chi connectivity index (χ1v) is 7.66. The van der Waals surface area contributed by atoms with Crippen LogP contribution in [0.4, 0.5) is 5.69 Å². The molecule has 0 unspecified atom stereocenters. The Morgan fingerprint density at radius 3 is 2.70 bits per heavy atom. The van der Waals surface area contributed by atoms with Crippen molar-refractivity contribution in [2.45, 2.75) is 26.4 Å². The summed E-state index contributed by atoms with van der Waals surface area (Å²) in [5, 5.41) is 3.99. The second kappa shape index (κ2) is 5.83. The first-order valence-electron chi connectivity index (χ1n) is 6.08. The normalized spacial score (nSPS) is 11.8. The fraction of sp³-hybridized carbons (Fsp3) is 0.385. The average molecular weight is 405 g/mol. The highest BCUT2D eigenvalue weighted by molar-refractivity contribution is 9.11. The Balaban J connectivity index is 2.44. The van der Waals surface area contributed by atoms with Gasteiger partial charge in [0.25, 0.3) is 5.89 Å². The van der Waals surface area contributed by atoms with Gasteiger partial charge in [0.2, 0.25) is 5.82 Å². The molecule has 0 aliphatic rings.